The first-order valence-electron chi connectivity index (χ1n) is 10.4. The van der Waals surface area contributed by atoms with Crippen LogP contribution in [0.25, 0.3) is 6.08 Å². The molecule has 0 N–H and O–H groups in total. The third-order valence-electron chi connectivity index (χ3n) is 5.16. The van der Waals surface area contributed by atoms with Crippen molar-refractivity contribution < 1.29 is 14.3 Å². The molecular formula is C26H30ClNO3. The lowest BCUT2D eigenvalue weighted by molar-refractivity contribution is 0.0582. The molecule has 0 fully saturated rings. The zero-order valence-corrected chi connectivity index (χ0v) is 19.4. The second-order valence-corrected chi connectivity index (χ2v) is 8.97. The Kier molecular flexibility index (Phi) is 7.11. The Morgan fingerprint density at radius 3 is 2.61 bits per heavy atom. The molecule has 1 aliphatic heterocycles. The lowest BCUT2D eigenvalue weighted by Crippen LogP contribution is -2.36. The number of hydrogen-bond donors (Lipinski definition) is 0. The largest absolute Gasteiger partial charge is 0.488 e. The minimum Gasteiger partial charge on any atom is -0.488 e. The smallest absolute Gasteiger partial charge is 0.414 e. The lowest BCUT2D eigenvalue weighted by Gasteiger charge is -2.25. The zero-order valence-electron chi connectivity index (χ0n) is 18.7. The summed E-state index contributed by atoms with van der Waals surface area (Å²) in [7, 11) is 0. The van der Waals surface area contributed by atoms with Gasteiger partial charge in [0.05, 0.1) is 5.69 Å². The fourth-order valence-electron chi connectivity index (χ4n) is 3.79. The molecule has 0 saturated carbocycles. The number of anilines is 1. The second kappa shape index (κ2) is 9.61. The van der Waals surface area contributed by atoms with Crippen LogP contribution in [0.1, 0.15) is 48.9 Å². The van der Waals surface area contributed by atoms with Crippen LogP contribution in [0.2, 0.25) is 0 Å². The van der Waals surface area contributed by atoms with Gasteiger partial charge in [0, 0.05) is 30.0 Å². The van der Waals surface area contributed by atoms with E-state index in [2.05, 4.69) is 13.5 Å². The van der Waals surface area contributed by atoms with E-state index in [1.165, 1.54) is 0 Å². The first kappa shape index (κ1) is 23.0. The third kappa shape index (κ3) is 5.31. The highest BCUT2D eigenvalue weighted by molar-refractivity contribution is 6.18. The van der Waals surface area contributed by atoms with Gasteiger partial charge < -0.3 is 9.47 Å². The van der Waals surface area contributed by atoms with Gasteiger partial charge >= 0.3 is 6.09 Å². The van der Waals surface area contributed by atoms with Crippen LogP contribution in [0, 0.1) is 6.92 Å². The van der Waals surface area contributed by atoms with Crippen molar-refractivity contribution in [2.75, 3.05) is 17.3 Å². The van der Waals surface area contributed by atoms with E-state index in [1.807, 2.05) is 69.3 Å². The average Bonchev–Trinajstić information content (AvgIpc) is 3.10. The zero-order chi connectivity index (χ0) is 22.6. The SMILES string of the molecule is C=C/C=C\c1c(OCc2ccccc2)cc2c(c1C)[C@H](CCl)CN2C(=O)OC(C)(C)C. The molecule has 0 aliphatic carbocycles. The quantitative estimate of drug-likeness (QED) is 0.365. The molecule has 1 heterocycles. The van der Waals surface area contributed by atoms with Gasteiger partial charge in [0.1, 0.15) is 18.0 Å². The molecule has 2 aromatic carbocycles. The van der Waals surface area contributed by atoms with E-state index in [0.29, 0.717) is 24.8 Å². The summed E-state index contributed by atoms with van der Waals surface area (Å²) in [6.45, 7) is 12.3. The predicted molar refractivity (Wildman–Crippen MR) is 128 cm³/mol. The Morgan fingerprint density at radius 2 is 2.00 bits per heavy atom. The minimum absolute atomic E-state index is 0.0308. The lowest BCUT2D eigenvalue weighted by atomic mass is 9.93. The molecule has 0 unspecified atom stereocenters. The third-order valence-corrected chi connectivity index (χ3v) is 5.53. The highest BCUT2D eigenvalue weighted by Crippen LogP contribution is 2.45. The van der Waals surface area contributed by atoms with E-state index >= 15 is 0 Å². The second-order valence-electron chi connectivity index (χ2n) is 8.66. The number of ether oxygens (including phenoxy) is 2. The maximum atomic E-state index is 12.9. The molecule has 1 aliphatic rings. The fraction of sp³-hybridized carbons (Fsp3) is 0.346. The fourth-order valence-corrected chi connectivity index (χ4v) is 4.04. The molecule has 164 valence electrons. The molecule has 0 saturated heterocycles. The van der Waals surface area contributed by atoms with Crippen LogP contribution >= 0.6 is 11.6 Å². The monoisotopic (exact) mass is 439 g/mol. The molecule has 0 bridgehead atoms. The van der Waals surface area contributed by atoms with E-state index in [9.17, 15) is 4.79 Å². The molecule has 1 amide bonds. The molecule has 31 heavy (non-hydrogen) atoms. The van der Waals surface area contributed by atoms with Crippen molar-refractivity contribution in [1.29, 1.82) is 0 Å². The van der Waals surface area contributed by atoms with Gasteiger partial charge in [-0.2, -0.15) is 0 Å². The van der Waals surface area contributed by atoms with Gasteiger partial charge in [0.15, 0.2) is 0 Å². The van der Waals surface area contributed by atoms with E-state index in [4.69, 9.17) is 21.1 Å². The van der Waals surface area contributed by atoms with Crippen LogP contribution in [0.4, 0.5) is 10.5 Å². The molecule has 2 aromatic rings. The van der Waals surface area contributed by atoms with Crippen LogP contribution in [0.5, 0.6) is 5.75 Å². The Balaban J connectivity index is 2.05. The molecule has 0 radical (unpaired) electrons. The van der Waals surface area contributed by atoms with Gasteiger partial charge in [-0.3, -0.25) is 4.90 Å². The van der Waals surface area contributed by atoms with Gasteiger partial charge in [0.25, 0.3) is 0 Å². The topological polar surface area (TPSA) is 38.8 Å². The van der Waals surface area contributed by atoms with E-state index in [0.717, 1.165) is 27.9 Å². The molecule has 4 nitrogen and oxygen atoms in total. The summed E-state index contributed by atoms with van der Waals surface area (Å²) < 4.78 is 11.9. The summed E-state index contributed by atoms with van der Waals surface area (Å²) in [6, 6.07) is 11.9. The van der Waals surface area contributed by atoms with Crippen LogP contribution in [0.15, 0.2) is 55.1 Å². The molecule has 0 aromatic heterocycles. The summed E-state index contributed by atoms with van der Waals surface area (Å²) >= 11 is 6.30. The summed E-state index contributed by atoms with van der Waals surface area (Å²) in [6.07, 6.45) is 5.24. The number of alkyl halides is 1. The number of carbonyl (C=O) groups excluding carboxylic acids is 1. The first-order chi connectivity index (χ1) is 14.7. The number of allylic oxidation sites excluding steroid dienone is 2. The van der Waals surface area contributed by atoms with Gasteiger partial charge in [-0.15, -0.1) is 11.6 Å². The number of fused-ring (bicyclic) bond motifs is 1. The van der Waals surface area contributed by atoms with Crippen LogP contribution in [0.3, 0.4) is 0 Å². The Hall–Kier alpha value is -2.72. The standard InChI is InChI=1S/C26H30ClNO3/c1-6-7-13-21-18(2)24-20(15-27)16-28(25(29)31-26(3,4)5)22(24)14-23(21)30-17-19-11-9-8-10-12-19/h6-14,20H,1,15-17H2,2-5H3/b13-7-/t20-/m1/s1. The van der Waals surface area contributed by atoms with Crippen molar-refractivity contribution in [2.45, 2.75) is 45.8 Å². The van der Waals surface area contributed by atoms with Gasteiger partial charge in [0.2, 0.25) is 0 Å². The Bertz CT molecular complexity index is 976. The molecule has 0 spiro atoms. The highest BCUT2D eigenvalue weighted by Gasteiger charge is 2.37. The van der Waals surface area contributed by atoms with Crippen LogP contribution < -0.4 is 9.64 Å². The van der Waals surface area contributed by atoms with E-state index < -0.39 is 5.60 Å². The Morgan fingerprint density at radius 1 is 1.29 bits per heavy atom. The molecular weight excluding hydrogens is 410 g/mol. The molecule has 3 rings (SSSR count). The molecule has 5 heteroatoms. The number of benzene rings is 2. The van der Waals surface area contributed by atoms with Crippen molar-refractivity contribution in [1.82, 2.24) is 0 Å². The highest BCUT2D eigenvalue weighted by atomic mass is 35.5. The van der Waals surface area contributed by atoms with E-state index in [1.54, 1.807) is 11.0 Å². The van der Waals surface area contributed by atoms with Crippen LogP contribution in [-0.4, -0.2) is 24.1 Å². The number of hydrogen-bond acceptors (Lipinski definition) is 3. The number of halogens is 1. The molecule has 1 atom stereocenters. The van der Waals surface area contributed by atoms with Crippen molar-refractivity contribution in [3.05, 3.63) is 77.4 Å². The Labute approximate surface area is 190 Å². The van der Waals surface area contributed by atoms with Crippen LogP contribution in [-0.2, 0) is 11.3 Å². The first-order valence-corrected chi connectivity index (χ1v) is 11.0. The summed E-state index contributed by atoms with van der Waals surface area (Å²) in [5, 5.41) is 0. The van der Waals surface area contributed by atoms with Gasteiger partial charge in [-0.1, -0.05) is 55.1 Å². The van der Waals surface area contributed by atoms with Crippen molar-refractivity contribution in [3.63, 3.8) is 0 Å². The summed E-state index contributed by atoms with van der Waals surface area (Å²) in [5.74, 6) is 1.16. The number of nitrogens with zero attached hydrogens (tertiary/aromatic N) is 1. The van der Waals surface area contributed by atoms with Crippen molar-refractivity contribution >= 4 is 29.5 Å². The van der Waals surface area contributed by atoms with Gasteiger partial charge in [-0.25, -0.2) is 4.79 Å². The van der Waals surface area contributed by atoms with Crippen molar-refractivity contribution in [3.8, 4) is 5.75 Å². The number of amides is 1. The number of carbonyl (C=O) groups is 1. The summed E-state index contributed by atoms with van der Waals surface area (Å²) in [4.78, 5) is 14.6. The maximum Gasteiger partial charge on any atom is 0.414 e. The normalized spacial score (nSPS) is 15.8. The van der Waals surface area contributed by atoms with Gasteiger partial charge in [-0.05, 0) is 44.4 Å². The minimum atomic E-state index is -0.579. The van der Waals surface area contributed by atoms with E-state index in [-0.39, 0.29) is 12.0 Å². The van der Waals surface area contributed by atoms with Crippen molar-refractivity contribution in [2.24, 2.45) is 0 Å². The average molecular weight is 440 g/mol. The predicted octanol–water partition coefficient (Wildman–Crippen LogP) is 6.85. The number of rotatable bonds is 6. The summed E-state index contributed by atoms with van der Waals surface area (Å²) in [5.41, 5.74) is 4.38. The maximum absolute atomic E-state index is 12.9.